The van der Waals surface area contributed by atoms with Crippen molar-refractivity contribution >= 4 is 17.5 Å². The minimum absolute atomic E-state index is 0.0627. The molecule has 4 rings (SSSR count). The maximum Gasteiger partial charge on any atom is 0.260 e. The molecule has 35 heavy (non-hydrogen) atoms. The van der Waals surface area contributed by atoms with E-state index in [9.17, 15) is 14.3 Å². The van der Waals surface area contributed by atoms with Crippen LogP contribution in [0.3, 0.4) is 0 Å². The second-order valence-corrected chi connectivity index (χ2v) is 9.44. The molecule has 0 radical (unpaired) electrons. The summed E-state index contributed by atoms with van der Waals surface area (Å²) in [6, 6.07) is 21.2. The number of nitrogens with zero attached hydrogens (tertiary/aromatic N) is 2. The van der Waals surface area contributed by atoms with Crippen LogP contribution in [0.1, 0.15) is 29.2 Å². The zero-order chi connectivity index (χ0) is 24.8. The molecular formula is C28H30ClFN2O3. The average molecular weight is 497 g/mol. The number of halogens is 2. The first kappa shape index (κ1) is 25.2. The number of ether oxygens (including phenoxy) is 1. The van der Waals surface area contributed by atoms with Crippen LogP contribution >= 0.6 is 11.6 Å². The van der Waals surface area contributed by atoms with Crippen molar-refractivity contribution in [1.29, 1.82) is 0 Å². The van der Waals surface area contributed by atoms with Crippen LogP contribution in [0.5, 0.6) is 5.75 Å². The van der Waals surface area contributed by atoms with E-state index in [2.05, 4.69) is 4.90 Å². The van der Waals surface area contributed by atoms with Crippen molar-refractivity contribution in [2.75, 3.05) is 26.2 Å². The molecule has 1 saturated heterocycles. The summed E-state index contributed by atoms with van der Waals surface area (Å²) in [7, 11) is 0. The van der Waals surface area contributed by atoms with Crippen LogP contribution in [0.4, 0.5) is 4.39 Å². The fourth-order valence-corrected chi connectivity index (χ4v) is 4.54. The fraction of sp³-hybridized carbons (Fsp3) is 0.321. The third kappa shape index (κ3) is 7.04. The van der Waals surface area contributed by atoms with Crippen molar-refractivity contribution in [3.63, 3.8) is 0 Å². The Morgan fingerprint density at radius 2 is 1.86 bits per heavy atom. The molecule has 3 aromatic carbocycles. The number of aryl methyl sites for hydroxylation is 1. The summed E-state index contributed by atoms with van der Waals surface area (Å²) < 4.78 is 19.0. The van der Waals surface area contributed by atoms with Crippen LogP contribution in [0.15, 0.2) is 72.8 Å². The van der Waals surface area contributed by atoms with Crippen molar-refractivity contribution in [2.45, 2.75) is 32.0 Å². The minimum atomic E-state index is -0.656. The Balaban J connectivity index is 1.44. The average Bonchev–Trinajstić information content (AvgIpc) is 2.86. The molecule has 1 aliphatic heterocycles. The van der Waals surface area contributed by atoms with Crippen molar-refractivity contribution in [1.82, 2.24) is 9.80 Å². The fourth-order valence-electron chi connectivity index (χ4n) is 4.41. The summed E-state index contributed by atoms with van der Waals surface area (Å²) in [5, 5.41) is 11.6. The Hall–Kier alpha value is -2.93. The van der Waals surface area contributed by atoms with E-state index < -0.39 is 6.10 Å². The molecule has 0 aliphatic carbocycles. The quantitative estimate of drug-likeness (QED) is 0.476. The number of amides is 1. The SMILES string of the molecule is Cc1cccc(C(O)CC2CN(C(=O)COc3ccc(Cl)cc3)CCN2Cc2ccc(F)cc2)c1. The van der Waals surface area contributed by atoms with E-state index in [0.717, 1.165) is 16.7 Å². The molecule has 2 unspecified atom stereocenters. The van der Waals surface area contributed by atoms with Crippen LogP contribution in [0.25, 0.3) is 0 Å². The van der Waals surface area contributed by atoms with Crippen molar-refractivity contribution < 1.29 is 19.0 Å². The third-order valence-corrected chi connectivity index (χ3v) is 6.61. The molecule has 7 heteroatoms. The Labute approximate surface area is 210 Å². The monoisotopic (exact) mass is 496 g/mol. The zero-order valence-corrected chi connectivity index (χ0v) is 20.5. The minimum Gasteiger partial charge on any atom is -0.484 e. The lowest BCUT2D eigenvalue weighted by Gasteiger charge is -2.42. The van der Waals surface area contributed by atoms with Gasteiger partial charge in [0.2, 0.25) is 0 Å². The van der Waals surface area contributed by atoms with E-state index >= 15 is 0 Å². The largest absolute Gasteiger partial charge is 0.484 e. The molecule has 1 amide bonds. The summed E-state index contributed by atoms with van der Waals surface area (Å²) in [6.45, 7) is 4.24. The van der Waals surface area contributed by atoms with E-state index in [1.54, 1.807) is 41.3 Å². The van der Waals surface area contributed by atoms with Gasteiger partial charge in [0.25, 0.3) is 5.91 Å². The van der Waals surface area contributed by atoms with Crippen LogP contribution in [-0.4, -0.2) is 53.1 Å². The van der Waals surface area contributed by atoms with Gasteiger partial charge >= 0.3 is 0 Å². The summed E-state index contributed by atoms with van der Waals surface area (Å²) >= 11 is 5.91. The van der Waals surface area contributed by atoms with Gasteiger partial charge in [0, 0.05) is 37.2 Å². The third-order valence-electron chi connectivity index (χ3n) is 6.35. The second-order valence-electron chi connectivity index (χ2n) is 9.00. The number of rotatable bonds is 8. The van der Waals surface area contributed by atoms with Gasteiger partial charge in [-0.25, -0.2) is 4.39 Å². The molecule has 0 bridgehead atoms. The number of carbonyl (C=O) groups excluding carboxylic acids is 1. The van der Waals surface area contributed by atoms with Gasteiger partial charge < -0.3 is 14.7 Å². The zero-order valence-electron chi connectivity index (χ0n) is 19.7. The van der Waals surface area contributed by atoms with Crippen molar-refractivity contribution in [3.05, 3.63) is 100 Å². The highest BCUT2D eigenvalue weighted by molar-refractivity contribution is 6.30. The van der Waals surface area contributed by atoms with Gasteiger partial charge in [-0.1, -0.05) is 53.6 Å². The second kappa shape index (κ2) is 11.7. The van der Waals surface area contributed by atoms with E-state index in [-0.39, 0.29) is 24.4 Å². The number of aliphatic hydroxyl groups excluding tert-OH is 1. The van der Waals surface area contributed by atoms with Gasteiger partial charge in [-0.05, 0) is 60.9 Å². The molecule has 0 aromatic heterocycles. The summed E-state index contributed by atoms with van der Waals surface area (Å²) in [5.41, 5.74) is 2.94. The maximum atomic E-state index is 13.4. The summed E-state index contributed by atoms with van der Waals surface area (Å²) in [5.74, 6) is 0.219. The Bertz CT molecular complexity index is 1120. The molecule has 0 saturated carbocycles. The van der Waals surface area contributed by atoms with Crippen molar-refractivity contribution in [2.24, 2.45) is 0 Å². The number of hydrogen-bond acceptors (Lipinski definition) is 4. The lowest BCUT2D eigenvalue weighted by molar-refractivity contribution is -0.137. The van der Waals surface area contributed by atoms with Gasteiger partial charge in [-0.3, -0.25) is 9.69 Å². The predicted octanol–water partition coefficient (Wildman–Crippen LogP) is 5.00. The smallest absolute Gasteiger partial charge is 0.260 e. The Morgan fingerprint density at radius 1 is 1.11 bits per heavy atom. The molecule has 5 nitrogen and oxygen atoms in total. The highest BCUT2D eigenvalue weighted by Crippen LogP contribution is 2.26. The highest BCUT2D eigenvalue weighted by Gasteiger charge is 2.31. The molecule has 2 atom stereocenters. The predicted molar refractivity (Wildman–Crippen MR) is 135 cm³/mol. The van der Waals surface area contributed by atoms with Crippen LogP contribution < -0.4 is 4.74 Å². The van der Waals surface area contributed by atoms with Gasteiger partial charge in [0.15, 0.2) is 6.61 Å². The number of carbonyl (C=O) groups is 1. The summed E-state index contributed by atoms with van der Waals surface area (Å²) in [4.78, 5) is 17.0. The molecule has 1 fully saturated rings. The van der Waals surface area contributed by atoms with Gasteiger partial charge in [-0.15, -0.1) is 0 Å². The standard InChI is InChI=1S/C28H30ClFN2O3/c1-20-3-2-4-22(15-20)27(33)16-25-18-32(28(34)19-35-26-11-7-23(29)8-12-26)14-13-31(25)17-21-5-9-24(30)10-6-21/h2-12,15,25,27,33H,13-14,16-19H2,1H3. The Kier molecular flexibility index (Phi) is 8.39. The van der Waals surface area contributed by atoms with Gasteiger partial charge in [0.05, 0.1) is 6.10 Å². The Morgan fingerprint density at radius 3 is 2.57 bits per heavy atom. The first-order valence-corrected chi connectivity index (χ1v) is 12.1. The van der Waals surface area contributed by atoms with Gasteiger partial charge in [0.1, 0.15) is 11.6 Å². The lowest BCUT2D eigenvalue weighted by atomic mass is 9.97. The molecular weight excluding hydrogens is 467 g/mol. The van der Waals surface area contributed by atoms with E-state index in [4.69, 9.17) is 16.3 Å². The van der Waals surface area contributed by atoms with E-state index in [1.807, 2.05) is 31.2 Å². The molecule has 184 valence electrons. The van der Waals surface area contributed by atoms with Crippen LogP contribution in [-0.2, 0) is 11.3 Å². The summed E-state index contributed by atoms with van der Waals surface area (Å²) in [6.07, 6.45) is -0.178. The topological polar surface area (TPSA) is 53.0 Å². The molecule has 0 spiro atoms. The number of hydrogen-bond donors (Lipinski definition) is 1. The maximum absolute atomic E-state index is 13.4. The van der Waals surface area contributed by atoms with E-state index in [1.165, 1.54) is 12.1 Å². The highest BCUT2D eigenvalue weighted by atomic mass is 35.5. The van der Waals surface area contributed by atoms with Gasteiger partial charge in [-0.2, -0.15) is 0 Å². The number of aliphatic hydroxyl groups is 1. The van der Waals surface area contributed by atoms with Crippen molar-refractivity contribution in [3.8, 4) is 5.75 Å². The molecule has 3 aromatic rings. The molecule has 1 N–H and O–H groups in total. The number of piperazine rings is 1. The normalized spacial score (nSPS) is 17.3. The first-order chi connectivity index (χ1) is 16.9. The number of benzene rings is 3. The molecule has 1 aliphatic rings. The van der Waals surface area contributed by atoms with Crippen LogP contribution in [0.2, 0.25) is 5.02 Å². The first-order valence-electron chi connectivity index (χ1n) is 11.8. The van der Waals surface area contributed by atoms with Crippen LogP contribution in [0, 0.1) is 12.7 Å². The molecule has 1 heterocycles. The van der Waals surface area contributed by atoms with E-state index in [0.29, 0.717) is 43.4 Å². The lowest BCUT2D eigenvalue weighted by Crippen LogP contribution is -2.55.